The summed E-state index contributed by atoms with van der Waals surface area (Å²) in [6.07, 6.45) is 0.132. The Morgan fingerprint density at radius 1 is 1.00 bits per heavy atom. The number of nitrogens with zero attached hydrogens (tertiary/aromatic N) is 1. The normalized spacial score (nSPS) is 17.7. The largest absolute Gasteiger partial charge is 0.416 e. The van der Waals surface area contributed by atoms with E-state index in [1.165, 1.54) is 12.1 Å². The average molecular weight is 322 g/mol. The third-order valence-corrected chi connectivity index (χ3v) is 3.89. The van der Waals surface area contributed by atoms with Crippen LogP contribution in [0, 0.1) is 0 Å². The molecule has 1 aliphatic heterocycles. The first-order valence-corrected chi connectivity index (χ1v) is 6.89. The van der Waals surface area contributed by atoms with E-state index in [-0.39, 0.29) is 0 Å². The van der Waals surface area contributed by atoms with Crippen molar-refractivity contribution in [2.24, 2.45) is 0 Å². The third kappa shape index (κ3) is 3.19. The predicted molar refractivity (Wildman–Crippen MR) is 69.8 cm³/mol. The van der Waals surface area contributed by atoms with Crippen LogP contribution in [-0.4, -0.2) is 13.1 Å². The third-order valence-electron chi connectivity index (χ3n) is 3.22. The van der Waals surface area contributed by atoms with Crippen molar-refractivity contribution < 1.29 is 13.2 Å². The molecule has 1 aromatic rings. The zero-order valence-corrected chi connectivity index (χ0v) is 11.5. The number of rotatable bonds is 1. The van der Waals surface area contributed by atoms with Crippen LogP contribution >= 0.6 is 15.9 Å². The Hall–Kier alpha value is -0.710. The number of benzene rings is 1. The van der Waals surface area contributed by atoms with Gasteiger partial charge < -0.3 is 4.90 Å². The van der Waals surface area contributed by atoms with Crippen molar-refractivity contribution in [2.75, 3.05) is 18.0 Å². The fourth-order valence-electron chi connectivity index (χ4n) is 2.24. The van der Waals surface area contributed by atoms with E-state index in [0.29, 0.717) is 5.69 Å². The van der Waals surface area contributed by atoms with E-state index in [9.17, 15) is 13.2 Å². The van der Waals surface area contributed by atoms with Crippen LogP contribution in [0.2, 0.25) is 0 Å². The molecule has 1 fully saturated rings. The highest BCUT2D eigenvalue weighted by Gasteiger charge is 2.31. The molecule has 1 saturated heterocycles. The van der Waals surface area contributed by atoms with Gasteiger partial charge >= 0.3 is 6.18 Å². The summed E-state index contributed by atoms with van der Waals surface area (Å²) in [4.78, 5) is 2.05. The second-order valence-electron chi connectivity index (χ2n) is 4.57. The Bertz CT molecular complexity index is 409. The van der Waals surface area contributed by atoms with Gasteiger partial charge in [0.1, 0.15) is 0 Å². The van der Waals surface area contributed by atoms with Gasteiger partial charge in [0, 0.05) is 17.6 Å². The topological polar surface area (TPSA) is 3.24 Å². The van der Waals surface area contributed by atoms with Gasteiger partial charge in [-0.15, -0.1) is 0 Å². The molecule has 18 heavy (non-hydrogen) atoms. The lowest BCUT2D eigenvalue weighted by Crippen LogP contribution is -2.24. The summed E-state index contributed by atoms with van der Waals surface area (Å²) < 4.78 is 38.9. The highest BCUT2D eigenvalue weighted by atomic mass is 79.9. The van der Waals surface area contributed by atoms with E-state index in [1.54, 1.807) is 0 Å². The summed E-state index contributed by atoms with van der Waals surface area (Å²) in [5.41, 5.74) is 0.0803. The van der Waals surface area contributed by atoms with E-state index >= 15 is 0 Å². The minimum absolute atomic E-state index is 0.579. The van der Waals surface area contributed by atoms with Gasteiger partial charge in [0.05, 0.1) is 11.3 Å². The second-order valence-corrected chi connectivity index (χ2v) is 5.42. The maximum absolute atomic E-state index is 12.7. The monoisotopic (exact) mass is 321 g/mol. The lowest BCUT2D eigenvalue weighted by molar-refractivity contribution is -0.137. The van der Waals surface area contributed by atoms with Gasteiger partial charge in [-0.1, -0.05) is 12.8 Å². The van der Waals surface area contributed by atoms with Crippen molar-refractivity contribution in [1.82, 2.24) is 0 Å². The summed E-state index contributed by atoms with van der Waals surface area (Å²) in [5.74, 6) is 0. The molecule has 1 nitrogen and oxygen atoms in total. The molecule has 0 atom stereocenters. The summed E-state index contributed by atoms with van der Waals surface area (Å²) in [6, 6.07) is 3.85. The number of hydrogen-bond acceptors (Lipinski definition) is 1. The highest BCUT2D eigenvalue weighted by molar-refractivity contribution is 9.10. The van der Waals surface area contributed by atoms with Gasteiger partial charge in [0.25, 0.3) is 0 Å². The molecule has 1 aromatic carbocycles. The van der Waals surface area contributed by atoms with Crippen molar-refractivity contribution in [3.8, 4) is 0 Å². The average Bonchev–Trinajstić information content (AvgIpc) is 2.56. The molecule has 0 radical (unpaired) electrons. The molecule has 0 aromatic heterocycles. The van der Waals surface area contributed by atoms with Gasteiger partial charge in [-0.05, 0) is 47.0 Å². The van der Waals surface area contributed by atoms with Gasteiger partial charge in [-0.25, -0.2) is 0 Å². The quantitative estimate of drug-likeness (QED) is 0.714. The molecule has 0 spiro atoms. The SMILES string of the molecule is FC(F)(F)c1ccc(Br)c(N2CCCCCC2)c1. The van der Waals surface area contributed by atoms with Crippen LogP contribution in [0.3, 0.4) is 0 Å². The molecule has 0 bridgehead atoms. The zero-order chi connectivity index (χ0) is 13.2. The Labute approximate surface area is 113 Å². The summed E-state index contributed by atoms with van der Waals surface area (Å²) in [7, 11) is 0. The number of hydrogen-bond donors (Lipinski definition) is 0. The van der Waals surface area contributed by atoms with Gasteiger partial charge in [-0.3, -0.25) is 0 Å². The van der Waals surface area contributed by atoms with E-state index in [2.05, 4.69) is 15.9 Å². The molecule has 0 saturated carbocycles. The lowest BCUT2D eigenvalue weighted by Gasteiger charge is -2.25. The Morgan fingerprint density at radius 2 is 1.61 bits per heavy atom. The lowest BCUT2D eigenvalue weighted by atomic mass is 10.1. The first-order chi connectivity index (χ1) is 8.48. The molecule has 5 heteroatoms. The fourth-order valence-corrected chi connectivity index (χ4v) is 2.74. The van der Waals surface area contributed by atoms with Crippen molar-refractivity contribution in [2.45, 2.75) is 31.9 Å². The second kappa shape index (κ2) is 5.51. The minimum atomic E-state index is -4.28. The summed E-state index contributed by atoms with van der Waals surface area (Å²) >= 11 is 3.35. The molecular weight excluding hydrogens is 307 g/mol. The molecule has 1 heterocycles. The van der Waals surface area contributed by atoms with E-state index in [1.807, 2.05) is 4.90 Å². The Balaban J connectivity index is 2.30. The summed E-state index contributed by atoms with van der Waals surface area (Å²) in [5, 5.41) is 0. The first kappa shape index (κ1) is 13.7. The van der Waals surface area contributed by atoms with Gasteiger partial charge in [-0.2, -0.15) is 13.2 Å². The van der Waals surface area contributed by atoms with Crippen LogP contribution in [0.4, 0.5) is 18.9 Å². The van der Waals surface area contributed by atoms with E-state index in [0.717, 1.165) is 49.3 Å². The maximum Gasteiger partial charge on any atom is 0.416 e. The van der Waals surface area contributed by atoms with Crippen molar-refractivity contribution in [3.63, 3.8) is 0 Å². The summed E-state index contributed by atoms with van der Waals surface area (Å²) in [6.45, 7) is 1.67. The first-order valence-electron chi connectivity index (χ1n) is 6.10. The molecule has 1 aliphatic rings. The van der Waals surface area contributed by atoms with Crippen LogP contribution in [0.1, 0.15) is 31.2 Å². The van der Waals surface area contributed by atoms with E-state index < -0.39 is 11.7 Å². The fraction of sp³-hybridized carbons (Fsp3) is 0.538. The van der Waals surface area contributed by atoms with Crippen LogP contribution in [0.15, 0.2) is 22.7 Å². The maximum atomic E-state index is 12.7. The molecule has 0 N–H and O–H groups in total. The van der Waals surface area contributed by atoms with Gasteiger partial charge in [0.15, 0.2) is 0 Å². The molecule has 2 rings (SSSR count). The highest BCUT2D eigenvalue weighted by Crippen LogP contribution is 2.36. The smallest absolute Gasteiger partial charge is 0.371 e. The number of anilines is 1. The van der Waals surface area contributed by atoms with E-state index in [4.69, 9.17) is 0 Å². The van der Waals surface area contributed by atoms with Crippen LogP contribution in [0.5, 0.6) is 0 Å². The van der Waals surface area contributed by atoms with Gasteiger partial charge in [0.2, 0.25) is 0 Å². The zero-order valence-electron chi connectivity index (χ0n) is 9.93. The van der Waals surface area contributed by atoms with Crippen LogP contribution in [-0.2, 0) is 6.18 Å². The van der Waals surface area contributed by atoms with Crippen LogP contribution in [0.25, 0.3) is 0 Å². The minimum Gasteiger partial charge on any atom is -0.371 e. The Morgan fingerprint density at radius 3 is 2.17 bits per heavy atom. The number of alkyl halides is 3. The molecule has 0 amide bonds. The number of halogens is 4. The molecule has 100 valence electrons. The predicted octanol–water partition coefficient (Wildman–Crippen LogP) is 4.85. The van der Waals surface area contributed by atoms with Crippen molar-refractivity contribution in [1.29, 1.82) is 0 Å². The molecule has 0 unspecified atom stereocenters. The van der Waals surface area contributed by atoms with Crippen molar-refractivity contribution >= 4 is 21.6 Å². The molecular formula is C13H15BrF3N. The van der Waals surface area contributed by atoms with Crippen LogP contribution < -0.4 is 4.90 Å². The Kier molecular flexibility index (Phi) is 4.20. The van der Waals surface area contributed by atoms with Crippen molar-refractivity contribution in [3.05, 3.63) is 28.2 Å². The molecule has 0 aliphatic carbocycles. The standard InChI is InChI=1S/C13H15BrF3N/c14-11-6-5-10(13(15,16)17)9-12(11)18-7-3-1-2-4-8-18/h5-6,9H,1-4,7-8H2.